The van der Waals surface area contributed by atoms with Crippen LogP contribution in [0, 0.1) is 12.8 Å². The fourth-order valence-corrected chi connectivity index (χ4v) is 2.82. The number of piperidine rings is 1. The molecular formula is C12H17N3O2S. The van der Waals surface area contributed by atoms with Crippen LogP contribution >= 0.6 is 11.3 Å². The van der Waals surface area contributed by atoms with E-state index >= 15 is 0 Å². The molecule has 18 heavy (non-hydrogen) atoms. The van der Waals surface area contributed by atoms with Gasteiger partial charge in [-0.2, -0.15) is 0 Å². The summed E-state index contributed by atoms with van der Waals surface area (Å²) in [5.41, 5.74) is 0.911. The summed E-state index contributed by atoms with van der Waals surface area (Å²) < 4.78 is 0. The number of nitrogens with zero attached hydrogens (tertiary/aromatic N) is 2. The molecule has 2 rings (SSSR count). The van der Waals surface area contributed by atoms with Crippen molar-refractivity contribution in [3.05, 3.63) is 11.1 Å². The summed E-state index contributed by atoms with van der Waals surface area (Å²) in [7, 11) is 0. The normalized spacial score (nSPS) is 20.6. The predicted octanol–water partition coefficient (Wildman–Crippen LogP) is 1.30. The van der Waals surface area contributed by atoms with Crippen LogP contribution in [0.1, 0.15) is 18.5 Å². The lowest BCUT2D eigenvalue weighted by Crippen LogP contribution is -2.40. The summed E-state index contributed by atoms with van der Waals surface area (Å²) in [5, 5.41) is 5.32. The Hall–Kier alpha value is -1.27. The summed E-state index contributed by atoms with van der Waals surface area (Å²) in [5.74, 6) is 0.0181. The Bertz CT molecular complexity index is 433. The fourth-order valence-electron chi connectivity index (χ4n) is 2.12. The first kappa shape index (κ1) is 13.2. The van der Waals surface area contributed by atoms with Gasteiger partial charge in [0.25, 0.3) is 0 Å². The number of thiazole rings is 1. The molecule has 1 unspecified atom stereocenters. The molecule has 1 aromatic rings. The molecule has 1 atom stereocenters. The minimum atomic E-state index is -0.0594. The molecule has 1 saturated heterocycles. The molecule has 0 bridgehead atoms. The lowest BCUT2D eigenvalue weighted by atomic mass is 10.00. The van der Waals surface area contributed by atoms with Gasteiger partial charge in [-0.3, -0.25) is 9.69 Å². The Morgan fingerprint density at radius 3 is 3.22 bits per heavy atom. The number of hydrogen-bond acceptors (Lipinski definition) is 5. The number of hydrogen-bond donors (Lipinski definition) is 1. The van der Waals surface area contributed by atoms with Crippen LogP contribution in [0.3, 0.4) is 0 Å². The molecule has 0 saturated carbocycles. The first-order chi connectivity index (χ1) is 8.67. The Labute approximate surface area is 110 Å². The van der Waals surface area contributed by atoms with Crippen molar-refractivity contribution in [2.24, 2.45) is 5.92 Å². The summed E-state index contributed by atoms with van der Waals surface area (Å²) in [6.45, 7) is 3.80. The molecule has 0 aliphatic carbocycles. The highest BCUT2D eigenvalue weighted by Crippen LogP contribution is 2.16. The van der Waals surface area contributed by atoms with Gasteiger partial charge in [-0.25, -0.2) is 4.98 Å². The number of aromatic nitrogens is 1. The lowest BCUT2D eigenvalue weighted by Gasteiger charge is -2.29. The van der Waals surface area contributed by atoms with Crippen molar-refractivity contribution in [2.75, 3.05) is 25.0 Å². The summed E-state index contributed by atoms with van der Waals surface area (Å²) >= 11 is 1.43. The summed E-state index contributed by atoms with van der Waals surface area (Å²) in [6.07, 6.45) is 2.91. The van der Waals surface area contributed by atoms with Crippen molar-refractivity contribution < 1.29 is 9.59 Å². The van der Waals surface area contributed by atoms with E-state index in [0.29, 0.717) is 18.2 Å². The minimum absolute atomic E-state index is 0.0594. The third-order valence-corrected chi connectivity index (χ3v) is 3.84. The first-order valence-electron chi connectivity index (χ1n) is 6.07. The van der Waals surface area contributed by atoms with E-state index in [1.165, 1.54) is 11.3 Å². The van der Waals surface area contributed by atoms with Crippen molar-refractivity contribution in [3.8, 4) is 0 Å². The predicted molar refractivity (Wildman–Crippen MR) is 70.7 cm³/mol. The third kappa shape index (κ3) is 3.61. The quantitative estimate of drug-likeness (QED) is 0.835. The molecular weight excluding hydrogens is 250 g/mol. The van der Waals surface area contributed by atoms with Crippen molar-refractivity contribution in [1.29, 1.82) is 0 Å². The van der Waals surface area contributed by atoms with E-state index in [1.54, 1.807) is 0 Å². The first-order valence-corrected chi connectivity index (χ1v) is 6.95. The molecule has 1 fully saturated rings. The number of anilines is 1. The van der Waals surface area contributed by atoms with Gasteiger partial charge in [-0.15, -0.1) is 11.3 Å². The van der Waals surface area contributed by atoms with Gasteiger partial charge in [0.2, 0.25) is 5.91 Å². The smallest absolute Gasteiger partial charge is 0.240 e. The molecule has 6 heteroatoms. The molecule has 0 spiro atoms. The lowest BCUT2D eigenvalue weighted by molar-refractivity contribution is -0.119. The number of carbonyl (C=O) groups is 2. The monoisotopic (exact) mass is 267 g/mol. The van der Waals surface area contributed by atoms with Crippen LogP contribution in [0.4, 0.5) is 5.13 Å². The van der Waals surface area contributed by atoms with Gasteiger partial charge >= 0.3 is 0 Å². The van der Waals surface area contributed by atoms with E-state index in [9.17, 15) is 9.59 Å². The van der Waals surface area contributed by atoms with Gasteiger partial charge in [0.15, 0.2) is 5.13 Å². The molecule has 2 heterocycles. The molecule has 1 aromatic heterocycles. The molecule has 1 N–H and O–H groups in total. The number of amides is 1. The number of likely N-dealkylation sites (tertiary alicyclic amines) is 1. The van der Waals surface area contributed by atoms with Crippen molar-refractivity contribution in [1.82, 2.24) is 9.88 Å². The Kier molecular flexibility index (Phi) is 4.43. The summed E-state index contributed by atoms with van der Waals surface area (Å²) in [4.78, 5) is 28.8. The zero-order chi connectivity index (χ0) is 13.0. The maximum atomic E-state index is 11.8. The molecule has 1 aliphatic heterocycles. The van der Waals surface area contributed by atoms with Crippen LogP contribution < -0.4 is 5.32 Å². The molecule has 5 nitrogen and oxygen atoms in total. The van der Waals surface area contributed by atoms with Crippen LogP contribution in [0.5, 0.6) is 0 Å². The number of aryl methyl sites for hydroxylation is 1. The van der Waals surface area contributed by atoms with Gasteiger partial charge in [-0.05, 0) is 26.3 Å². The van der Waals surface area contributed by atoms with Gasteiger partial charge < -0.3 is 10.1 Å². The van der Waals surface area contributed by atoms with Crippen LogP contribution in [0.15, 0.2) is 5.38 Å². The Morgan fingerprint density at radius 2 is 2.56 bits per heavy atom. The fraction of sp³-hybridized carbons (Fsp3) is 0.583. The Balaban J connectivity index is 1.82. The molecule has 98 valence electrons. The second kappa shape index (κ2) is 6.06. The second-order valence-corrected chi connectivity index (χ2v) is 5.47. The van der Waals surface area contributed by atoms with Gasteiger partial charge in [0, 0.05) is 17.8 Å². The van der Waals surface area contributed by atoms with Gasteiger partial charge in [0.05, 0.1) is 12.2 Å². The van der Waals surface area contributed by atoms with Crippen molar-refractivity contribution in [2.45, 2.75) is 19.8 Å². The molecule has 0 radical (unpaired) electrons. The van der Waals surface area contributed by atoms with Crippen LogP contribution in [0.25, 0.3) is 0 Å². The minimum Gasteiger partial charge on any atom is -0.303 e. The highest BCUT2D eigenvalue weighted by atomic mass is 32.1. The standard InChI is InChI=1S/C12H17N3O2S/c1-9-8-18-12(13-9)14-11(17)6-15-4-2-3-10(5-15)7-16/h7-8,10H,2-6H2,1H3,(H,13,14,17). The average molecular weight is 267 g/mol. The van der Waals surface area contributed by atoms with Crippen molar-refractivity contribution in [3.63, 3.8) is 0 Å². The van der Waals surface area contributed by atoms with Gasteiger partial charge in [0.1, 0.15) is 6.29 Å². The molecule has 0 aromatic carbocycles. The maximum absolute atomic E-state index is 11.8. The van der Waals surface area contributed by atoms with E-state index in [4.69, 9.17) is 0 Å². The van der Waals surface area contributed by atoms with E-state index in [0.717, 1.165) is 31.4 Å². The summed E-state index contributed by atoms with van der Waals surface area (Å²) in [6, 6.07) is 0. The van der Waals surface area contributed by atoms with Crippen LogP contribution in [0.2, 0.25) is 0 Å². The highest BCUT2D eigenvalue weighted by Gasteiger charge is 2.21. The zero-order valence-electron chi connectivity index (χ0n) is 10.4. The van der Waals surface area contributed by atoms with Crippen molar-refractivity contribution >= 4 is 28.7 Å². The van der Waals surface area contributed by atoms with E-state index in [2.05, 4.69) is 10.3 Å². The van der Waals surface area contributed by atoms with E-state index < -0.39 is 0 Å². The number of carbonyl (C=O) groups excluding carboxylic acids is 2. The van der Waals surface area contributed by atoms with Crippen LogP contribution in [-0.4, -0.2) is 41.7 Å². The number of rotatable bonds is 4. The maximum Gasteiger partial charge on any atom is 0.240 e. The Morgan fingerprint density at radius 1 is 1.72 bits per heavy atom. The third-order valence-electron chi connectivity index (χ3n) is 2.97. The van der Waals surface area contributed by atoms with E-state index in [-0.39, 0.29) is 11.8 Å². The highest BCUT2D eigenvalue weighted by molar-refractivity contribution is 7.13. The van der Waals surface area contributed by atoms with Gasteiger partial charge in [-0.1, -0.05) is 0 Å². The average Bonchev–Trinajstić information content (AvgIpc) is 2.74. The zero-order valence-corrected chi connectivity index (χ0v) is 11.2. The SMILES string of the molecule is Cc1csc(NC(=O)CN2CCCC(C=O)C2)n1. The second-order valence-electron chi connectivity index (χ2n) is 4.62. The molecule has 1 amide bonds. The number of aldehydes is 1. The largest absolute Gasteiger partial charge is 0.303 e. The topological polar surface area (TPSA) is 62.3 Å². The van der Waals surface area contributed by atoms with E-state index in [1.807, 2.05) is 17.2 Å². The van der Waals surface area contributed by atoms with Crippen LogP contribution in [-0.2, 0) is 9.59 Å². The number of nitrogens with one attached hydrogen (secondary N) is 1. The molecule has 1 aliphatic rings.